The van der Waals surface area contributed by atoms with E-state index in [-0.39, 0.29) is 23.7 Å². The molecular formula is C25H19F4NO3. The van der Waals surface area contributed by atoms with E-state index in [0.29, 0.717) is 34.8 Å². The number of carbonyl (C=O) groups is 1. The maximum Gasteiger partial charge on any atom is 0.416 e. The van der Waals surface area contributed by atoms with Gasteiger partial charge in [-0.05, 0) is 48.9 Å². The molecule has 170 valence electrons. The van der Waals surface area contributed by atoms with Crippen LogP contribution in [0.4, 0.5) is 23.2 Å². The topological polar surface area (TPSA) is 47.6 Å². The summed E-state index contributed by atoms with van der Waals surface area (Å²) in [6, 6.07) is 14.4. The molecule has 3 aromatic rings. The van der Waals surface area contributed by atoms with Gasteiger partial charge in [-0.15, -0.1) is 0 Å². The highest BCUT2D eigenvalue weighted by molar-refractivity contribution is 6.34. The molecule has 0 bridgehead atoms. The van der Waals surface area contributed by atoms with E-state index in [9.17, 15) is 22.4 Å². The summed E-state index contributed by atoms with van der Waals surface area (Å²) in [4.78, 5) is 12.4. The summed E-state index contributed by atoms with van der Waals surface area (Å²) in [6.07, 6.45) is -2.94. The number of anilines is 1. The third-order valence-corrected chi connectivity index (χ3v) is 5.05. The first-order chi connectivity index (χ1) is 15.8. The van der Waals surface area contributed by atoms with Crippen molar-refractivity contribution >= 4 is 23.2 Å². The highest BCUT2D eigenvalue weighted by Crippen LogP contribution is 2.39. The Bertz CT molecular complexity index is 1230. The third kappa shape index (κ3) is 4.84. The first kappa shape index (κ1) is 22.4. The van der Waals surface area contributed by atoms with Crippen LogP contribution in [0.2, 0.25) is 0 Å². The summed E-state index contributed by atoms with van der Waals surface area (Å²) >= 11 is 0. The maximum absolute atomic E-state index is 13.9. The zero-order valence-electron chi connectivity index (χ0n) is 17.5. The van der Waals surface area contributed by atoms with Gasteiger partial charge in [0.1, 0.15) is 12.4 Å². The monoisotopic (exact) mass is 457 g/mol. The molecule has 0 unspecified atom stereocenters. The molecule has 0 atom stereocenters. The minimum Gasteiger partial charge on any atom is -0.490 e. The quantitative estimate of drug-likeness (QED) is 0.348. The first-order valence-corrected chi connectivity index (χ1v) is 10.1. The van der Waals surface area contributed by atoms with E-state index >= 15 is 0 Å². The minimum atomic E-state index is -4.50. The summed E-state index contributed by atoms with van der Waals surface area (Å²) in [5.41, 5.74) is 0.874. The Morgan fingerprint density at radius 2 is 1.76 bits per heavy atom. The maximum atomic E-state index is 13.9. The number of halogens is 4. The number of carbonyl (C=O) groups excluding carboxylic acids is 1. The van der Waals surface area contributed by atoms with Gasteiger partial charge in [-0.3, -0.25) is 4.79 Å². The van der Waals surface area contributed by atoms with Crippen molar-refractivity contribution in [3.05, 3.63) is 88.7 Å². The smallest absolute Gasteiger partial charge is 0.416 e. The van der Waals surface area contributed by atoms with Gasteiger partial charge < -0.3 is 14.8 Å². The van der Waals surface area contributed by atoms with Gasteiger partial charge in [0.2, 0.25) is 0 Å². The van der Waals surface area contributed by atoms with E-state index in [1.54, 1.807) is 49.4 Å². The van der Waals surface area contributed by atoms with Crippen molar-refractivity contribution in [2.75, 3.05) is 11.9 Å². The fraction of sp³-hybridized carbons (Fsp3) is 0.160. The van der Waals surface area contributed by atoms with Crippen LogP contribution < -0.4 is 14.8 Å². The molecule has 1 aliphatic heterocycles. The number of alkyl halides is 3. The van der Waals surface area contributed by atoms with E-state index in [1.165, 1.54) is 12.1 Å². The summed E-state index contributed by atoms with van der Waals surface area (Å²) in [7, 11) is 0. The number of amides is 1. The molecule has 1 aliphatic rings. The lowest BCUT2D eigenvalue weighted by Gasteiger charge is -2.13. The Kier molecular flexibility index (Phi) is 6.09. The SMILES string of the molecule is CCOc1cc(/C=C2/C(=O)Nc3cc(C(F)(F)F)ccc32)ccc1OCc1ccccc1F. The average molecular weight is 457 g/mol. The molecule has 0 radical (unpaired) electrons. The summed E-state index contributed by atoms with van der Waals surface area (Å²) < 4.78 is 64.1. The predicted octanol–water partition coefficient (Wildman–Crippen LogP) is 6.31. The minimum absolute atomic E-state index is 0.00447. The first-order valence-electron chi connectivity index (χ1n) is 10.1. The van der Waals surface area contributed by atoms with E-state index in [4.69, 9.17) is 9.47 Å². The second kappa shape index (κ2) is 8.97. The molecule has 4 nitrogen and oxygen atoms in total. The largest absolute Gasteiger partial charge is 0.490 e. The molecule has 33 heavy (non-hydrogen) atoms. The second-order valence-corrected chi connectivity index (χ2v) is 7.29. The standard InChI is InChI=1S/C25H19F4NO3/c1-2-32-23-12-15(7-10-22(23)33-14-16-5-3-4-6-20(16)26)11-19-18-9-8-17(25(27,28)29)13-21(18)30-24(19)31/h3-13H,2,14H2,1H3,(H,30,31)/b19-11+. The molecule has 0 fully saturated rings. The Morgan fingerprint density at radius 1 is 0.970 bits per heavy atom. The number of rotatable bonds is 6. The Labute approximate surface area is 187 Å². The van der Waals surface area contributed by atoms with Crippen LogP contribution in [0.3, 0.4) is 0 Å². The molecule has 1 heterocycles. The molecule has 1 N–H and O–H groups in total. The Morgan fingerprint density at radius 3 is 2.48 bits per heavy atom. The third-order valence-electron chi connectivity index (χ3n) is 5.05. The van der Waals surface area contributed by atoms with E-state index in [2.05, 4.69) is 5.32 Å². The van der Waals surface area contributed by atoms with Gasteiger partial charge in [0.15, 0.2) is 11.5 Å². The van der Waals surface area contributed by atoms with Crippen LogP contribution in [0.15, 0.2) is 60.7 Å². The van der Waals surface area contributed by atoms with Crippen molar-refractivity contribution in [2.24, 2.45) is 0 Å². The van der Waals surface area contributed by atoms with Gasteiger partial charge in [-0.1, -0.05) is 30.3 Å². The van der Waals surface area contributed by atoms with Gasteiger partial charge in [-0.2, -0.15) is 13.2 Å². The molecule has 0 saturated heterocycles. The summed E-state index contributed by atoms with van der Waals surface area (Å²) in [5, 5.41) is 2.48. The van der Waals surface area contributed by atoms with Crippen LogP contribution in [-0.4, -0.2) is 12.5 Å². The van der Waals surface area contributed by atoms with Gasteiger partial charge in [-0.25, -0.2) is 4.39 Å². The van der Waals surface area contributed by atoms with Crippen LogP contribution in [-0.2, 0) is 17.6 Å². The van der Waals surface area contributed by atoms with Crippen molar-refractivity contribution in [1.82, 2.24) is 0 Å². The second-order valence-electron chi connectivity index (χ2n) is 7.29. The number of hydrogen-bond acceptors (Lipinski definition) is 3. The molecule has 0 spiro atoms. The molecule has 0 aromatic heterocycles. The molecule has 0 saturated carbocycles. The zero-order valence-corrected chi connectivity index (χ0v) is 17.5. The van der Waals surface area contributed by atoms with Crippen LogP contribution in [0, 0.1) is 5.82 Å². The normalized spacial score (nSPS) is 14.2. The highest BCUT2D eigenvalue weighted by Gasteiger charge is 2.33. The number of ether oxygens (including phenoxy) is 2. The number of fused-ring (bicyclic) bond motifs is 1. The average Bonchev–Trinajstić information content (AvgIpc) is 3.08. The molecular weight excluding hydrogens is 438 g/mol. The lowest BCUT2D eigenvalue weighted by atomic mass is 10.0. The van der Waals surface area contributed by atoms with Crippen LogP contribution in [0.1, 0.15) is 29.2 Å². The van der Waals surface area contributed by atoms with Gasteiger partial charge in [0.25, 0.3) is 5.91 Å². The zero-order chi connectivity index (χ0) is 23.6. The highest BCUT2D eigenvalue weighted by atomic mass is 19.4. The summed E-state index contributed by atoms with van der Waals surface area (Å²) in [5.74, 6) is -0.0823. The molecule has 0 aliphatic carbocycles. The number of benzene rings is 3. The molecule has 1 amide bonds. The van der Waals surface area contributed by atoms with Crippen molar-refractivity contribution in [1.29, 1.82) is 0 Å². The number of hydrogen-bond donors (Lipinski definition) is 1. The fourth-order valence-electron chi connectivity index (χ4n) is 3.45. The van der Waals surface area contributed by atoms with E-state index in [1.807, 2.05) is 0 Å². The number of nitrogens with one attached hydrogen (secondary N) is 1. The molecule has 3 aromatic carbocycles. The Balaban J connectivity index is 1.62. The van der Waals surface area contributed by atoms with Crippen LogP contribution in [0.5, 0.6) is 11.5 Å². The van der Waals surface area contributed by atoms with Gasteiger partial charge in [0.05, 0.1) is 12.2 Å². The lowest BCUT2D eigenvalue weighted by molar-refractivity contribution is -0.137. The molecule has 8 heteroatoms. The predicted molar refractivity (Wildman–Crippen MR) is 116 cm³/mol. The molecule has 4 rings (SSSR count). The van der Waals surface area contributed by atoms with Crippen molar-refractivity contribution < 1.29 is 31.8 Å². The van der Waals surface area contributed by atoms with Crippen molar-refractivity contribution in [3.8, 4) is 11.5 Å². The Hall–Kier alpha value is -3.81. The lowest BCUT2D eigenvalue weighted by Crippen LogP contribution is -2.06. The fourth-order valence-corrected chi connectivity index (χ4v) is 3.45. The van der Waals surface area contributed by atoms with Crippen molar-refractivity contribution in [3.63, 3.8) is 0 Å². The summed E-state index contributed by atoms with van der Waals surface area (Å²) in [6.45, 7) is 2.15. The van der Waals surface area contributed by atoms with Crippen molar-refractivity contribution in [2.45, 2.75) is 19.7 Å². The van der Waals surface area contributed by atoms with Gasteiger partial charge in [0, 0.05) is 22.4 Å². The van der Waals surface area contributed by atoms with E-state index < -0.39 is 17.6 Å². The van der Waals surface area contributed by atoms with Gasteiger partial charge >= 0.3 is 6.18 Å². The van der Waals surface area contributed by atoms with Crippen LogP contribution in [0.25, 0.3) is 11.6 Å². The van der Waals surface area contributed by atoms with E-state index in [0.717, 1.165) is 12.1 Å². The van der Waals surface area contributed by atoms with Crippen LogP contribution >= 0.6 is 0 Å².